The van der Waals surface area contributed by atoms with Crippen LogP contribution in [0.1, 0.15) is 11.1 Å². The average Bonchev–Trinajstić information content (AvgIpc) is 3.25. The van der Waals surface area contributed by atoms with Crippen molar-refractivity contribution in [2.24, 2.45) is 5.73 Å². The fraction of sp³-hybridized carbons (Fsp3) is 0.214. The third kappa shape index (κ3) is 5.01. The van der Waals surface area contributed by atoms with Crippen LogP contribution < -0.4 is 10.6 Å². The lowest BCUT2D eigenvalue weighted by atomic mass is 10.0. The molecule has 0 unspecified atom stereocenters. The van der Waals surface area contributed by atoms with E-state index in [4.69, 9.17) is 10.5 Å². The van der Waals surface area contributed by atoms with Crippen molar-refractivity contribution in [3.63, 3.8) is 0 Å². The van der Waals surface area contributed by atoms with Crippen LogP contribution in [0.15, 0.2) is 79.0 Å². The number of cyclic esters (lactones) is 1. The molecule has 3 aromatic carbocycles. The maximum atomic E-state index is 14.9. The van der Waals surface area contributed by atoms with E-state index in [9.17, 15) is 9.18 Å². The van der Waals surface area contributed by atoms with Gasteiger partial charge in [-0.3, -0.25) is 14.8 Å². The molecule has 178 valence electrons. The summed E-state index contributed by atoms with van der Waals surface area (Å²) < 4.78 is 20.1. The molecule has 1 saturated heterocycles. The summed E-state index contributed by atoms with van der Waals surface area (Å²) in [6.45, 7) is 2.10. The predicted octanol–water partition coefficient (Wildman–Crippen LogP) is 4.96. The van der Waals surface area contributed by atoms with Gasteiger partial charge in [0.1, 0.15) is 11.9 Å². The van der Waals surface area contributed by atoms with E-state index in [1.54, 1.807) is 12.1 Å². The van der Waals surface area contributed by atoms with Crippen molar-refractivity contribution < 1.29 is 13.9 Å². The number of amides is 1. The lowest BCUT2D eigenvalue weighted by molar-refractivity contribution is 0.145. The molecule has 1 aliphatic rings. The first-order valence-electron chi connectivity index (χ1n) is 11.6. The predicted molar refractivity (Wildman–Crippen MR) is 135 cm³/mol. The van der Waals surface area contributed by atoms with E-state index < -0.39 is 6.09 Å². The van der Waals surface area contributed by atoms with Gasteiger partial charge in [0.05, 0.1) is 17.7 Å². The summed E-state index contributed by atoms with van der Waals surface area (Å²) in [5.41, 5.74) is 10.6. The van der Waals surface area contributed by atoms with Crippen LogP contribution in [-0.4, -0.2) is 42.2 Å². The molecule has 1 atom stereocenters. The molecule has 4 aromatic rings. The van der Waals surface area contributed by atoms with Crippen LogP contribution in [-0.2, 0) is 17.8 Å². The summed E-state index contributed by atoms with van der Waals surface area (Å²) in [7, 11) is 2.07. The highest BCUT2D eigenvalue weighted by atomic mass is 19.1. The standard InChI is InChI=1S/C28H27FN4O2/c1-32(17-20-12-22-4-2-3-5-27(22)31-15-20)16-19-6-8-21(9-7-19)25-11-10-23(13-26(25)29)33-18-24(14-30)35-28(33)34/h2-13,15,24H,14,16-18,30H2,1H3/t24-/m0/s1. The molecule has 1 amide bonds. The minimum atomic E-state index is -0.499. The number of nitrogens with two attached hydrogens (primary N) is 1. The molecule has 1 fully saturated rings. The highest BCUT2D eigenvalue weighted by Crippen LogP contribution is 2.29. The zero-order valence-corrected chi connectivity index (χ0v) is 19.5. The largest absolute Gasteiger partial charge is 0.443 e. The molecule has 1 aromatic heterocycles. The number of halogens is 1. The number of hydrogen-bond donors (Lipinski definition) is 1. The molecule has 0 spiro atoms. The normalized spacial score (nSPS) is 15.7. The van der Waals surface area contributed by atoms with Gasteiger partial charge in [0, 0.05) is 36.8 Å². The summed E-state index contributed by atoms with van der Waals surface area (Å²) in [5.74, 6) is -0.389. The molecule has 2 heterocycles. The topological polar surface area (TPSA) is 71.7 Å². The zero-order chi connectivity index (χ0) is 24.4. The molecule has 35 heavy (non-hydrogen) atoms. The van der Waals surface area contributed by atoms with Gasteiger partial charge in [0.15, 0.2) is 0 Å². The Morgan fingerprint density at radius 3 is 2.57 bits per heavy atom. The minimum Gasteiger partial charge on any atom is -0.443 e. The van der Waals surface area contributed by atoms with E-state index >= 15 is 0 Å². The van der Waals surface area contributed by atoms with E-state index in [0.29, 0.717) is 17.8 Å². The van der Waals surface area contributed by atoms with Gasteiger partial charge in [-0.25, -0.2) is 9.18 Å². The van der Waals surface area contributed by atoms with Crippen molar-refractivity contribution in [2.75, 3.05) is 25.0 Å². The third-order valence-electron chi connectivity index (χ3n) is 6.22. The van der Waals surface area contributed by atoms with Gasteiger partial charge in [0.2, 0.25) is 0 Å². The molecule has 5 rings (SSSR count). The first kappa shape index (κ1) is 23.0. The second-order valence-corrected chi connectivity index (χ2v) is 8.92. The fourth-order valence-corrected chi connectivity index (χ4v) is 4.43. The SMILES string of the molecule is CN(Cc1ccc(-c2ccc(N3C[C@H](CN)OC3=O)cc2F)cc1)Cc1cnc2ccccc2c1. The van der Waals surface area contributed by atoms with Gasteiger partial charge in [-0.05, 0) is 54.1 Å². The van der Waals surface area contributed by atoms with E-state index in [-0.39, 0.29) is 18.5 Å². The molecule has 7 heteroatoms. The molecule has 0 radical (unpaired) electrons. The van der Waals surface area contributed by atoms with Crippen LogP contribution in [0.25, 0.3) is 22.0 Å². The third-order valence-corrected chi connectivity index (χ3v) is 6.22. The number of fused-ring (bicyclic) bond motifs is 1. The average molecular weight is 471 g/mol. The highest BCUT2D eigenvalue weighted by molar-refractivity contribution is 5.90. The van der Waals surface area contributed by atoms with E-state index in [0.717, 1.165) is 40.7 Å². The van der Waals surface area contributed by atoms with Crippen LogP contribution in [0.2, 0.25) is 0 Å². The van der Waals surface area contributed by atoms with Crippen LogP contribution in [0.4, 0.5) is 14.9 Å². The van der Waals surface area contributed by atoms with Gasteiger partial charge in [-0.1, -0.05) is 42.5 Å². The number of ether oxygens (including phenoxy) is 1. The van der Waals surface area contributed by atoms with Gasteiger partial charge >= 0.3 is 6.09 Å². The van der Waals surface area contributed by atoms with Crippen LogP contribution in [0.3, 0.4) is 0 Å². The number of aromatic nitrogens is 1. The van der Waals surface area contributed by atoms with E-state index in [2.05, 4.69) is 29.1 Å². The number of carbonyl (C=O) groups is 1. The van der Waals surface area contributed by atoms with Gasteiger partial charge in [-0.2, -0.15) is 0 Å². The first-order valence-corrected chi connectivity index (χ1v) is 11.6. The van der Waals surface area contributed by atoms with Crippen LogP contribution in [0, 0.1) is 5.82 Å². The Morgan fingerprint density at radius 2 is 1.83 bits per heavy atom. The molecular formula is C28H27FN4O2. The van der Waals surface area contributed by atoms with E-state index in [1.807, 2.05) is 48.7 Å². The summed E-state index contributed by atoms with van der Waals surface area (Å²) in [6, 6.07) is 22.9. The molecule has 1 aliphatic heterocycles. The van der Waals surface area contributed by atoms with Gasteiger partial charge in [-0.15, -0.1) is 0 Å². The Kier molecular flexibility index (Phi) is 6.44. The number of pyridine rings is 1. The van der Waals surface area contributed by atoms with Crippen LogP contribution >= 0.6 is 0 Å². The quantitative estimate of drug-likeness (QED) is 0.414. The number of carbonyl (C=O) groups excluding carboxylic acids is 1. The first-order chi connectivity index (χ1) is 17.0. The zero-order valence-electron chi connectivity index (χ0n) is 19.5. The summed E-state index contributed by atoms with van der Waals surface area (Å²) in [5, 5.41) is 1.14. The number of anilines is 1. The Bertz CT molecular complexity index is 1360. The number of nitrogens with zero attached hydrogens (tertiary/aromatic N) is 3. The maximum absolute atomic E-state index is 14.9. The molecule has 0 saturated carbocycles. The van der Waals surface area contributed by atoms with E-state index in [1.165, 1.54) is 11.0 Å². The summed E-state index contributed by atoms with van der Waals surface area (Å²) in [6.07, 6.45) is 1.06. The highest BCUT2D eigenvalue weighted by Gasteiger charge is 2.31. The lowest BCUT2D eigenvalue weighted by Crippen LogP contribution is -2.27. The fourth-order valence-electron chi connectivity index (χ4n) is 4.43. The lowest BCUT2D eigenvalue weighted by Gasteiger charge is -2.17. The summed E-state index contributed by atoms with van der Waals surface area (Å²) in [4.78, 5) is 20.2. The number of benzene rings is 3. The van der Waals surface area contributed by atoms with Crippen molar-refractivity contribution in [1.29, 1.82) is 0 Å². The van der Waals surface area contributed by atoms with Crippen molar-refractivity contribution in [2.45, 2.75) is 19.2 Å². The van der Waals surface area contributed by atoms with Crippen molar-refractivity contribution in [1.82, 2.24) is 9.88 Å². The Hall–Kier alpha value is -3.81. The number of rotatable bonds is 7. The smallest absolute Gasteiger partial charge is 0.414 e. The van der Waals surface area contributed by atoms with Gasteiger partial charge in [0.25, 0.3) is 0 Å². The van der Waals surface area contributed by atoms with Crippen molar-refractivity contribution in [3.8, 4) is 11.1 Å². The number of hydrogen-bond acceptors (Lipinski definition) is 5. The second kappa shape index (κ2) is 9.82. The molecule has 6 nitrogen and oxygen atoms in total. The maximum Gasteiger partial charge on any atom is 0.414 e. The minimum absolute atomic E-state index is 0.240. The van der Waals surface area contributed by atoms with Crippen LogP contribution in [0.5, 0.6) is 0 Å². The van der Waals surface area contributed by atoms with Crippen molar-refractivity contribution >= 4 is 22.7 Å². The van der Waals surface area contributed by atoms with Crippen molar-refractivity contribution in [3.05, 3.63) is 95.9 Å². The Balaban J connectivity index is 1.24. The second-order valence-electron chi connectivity index (χ2n) is 8.92. The molecule has 0 aliphatic carbocycles. The monoisotopic (exact) mass is 470 g/mol. The van der Waals surface area contributed by atoms with Gasteiger partial charge < -0.3 is 10.5 Å². The molecular weight excluding hydrogens is 443 g/mol. The molecule has 0 bridgehead atoms. The Labute approximate surface area is 203 Å². The Morgan fingerprint density at radius 1 is 1.06 bits per heavy atom. The molecule has 2 N–H and O–H groups in total. The summed E-state index contributed by atoms with van der Waals surface area (Å²) >= 11 is 0. The number of para-hydroxylation sites is 1.